The molecule has 0 aromatic carbocycles. The minimum absolute atomic E-state index is 0.156. The predicted octanol–water partition coefficient (Wildman–Crippen LogP) is 0.512. The summed E-state index contributed by atoms with van der Waals surface area (Å²) < 4.78 is 0. The summed E-state index contributed by atoms with van der Waals surface area (Å²) in [6.45, 7) is 6.79. The molecule has 0 aromatic heterocycles. The van der Waals surface area contributed by atoms with Gasteiger partial charge >= 0.3 is 0 Å². The van der Waals surface area contributed by atoms with Gasteiger partial charge in [-0.3, -0.25) is 15.7 Å². The number of nitrogens with one attached hydrogen (secondary N) is 2. The third-order valence-electron chi connectivity index (χ3n) is 1.67. The summed E-state index contributed by atoms with van der Waals surface area (Å²) in [5.74, 6) is -0.339. The van der Waals surface area contributed by atoms with Crippen molar-refractivity contribution in [1.82, 2.24) is 4.90 Å². The van der Waals surface area contributed by atoms with Crippen LogP contribution in [0.15, 0.2) is 0 Å². The molecule has 0 radical (unpaired) electrons. The Morgan fingerprint density at radius 1 is 1.15 bits per heavy atom. The van der Waals surface area contributed by atoms with Crippen LogP contribution in [-0.2, 0) is 0 Å². The molecule has 0 aliphatic rings. The predicted molar refractivity (Wildman–Crippen MR) is 54.6 cm³/mol. The van der Waals surface area contributed by atoms with E-state index >= 15 is 0 Å². The lowest BCUT2D eigenvalue weighted by Gasteiger charge is -2.25. The van der Waals surface area contributed by atoms with E-state index in [9.17, 15) is 0 Å². The van der Waals surface area contributed by atoms with Gasteiger partial charge in [0.1, 0.15) is 0 Å². The van der Waals surface area contributed by atoms with Crippen molar-refractivity contribution in [2.24, 2.45) is 16.9 Å². The van der Waals surface area contributed by atoms with Crippen LogP contribution in [-0.4, -0.2) is 23.4 Å². The van der Waals surface area contributed by atoms with Gasteiger partial charge in [0.2, 0.25) is 0 Å². The maximum atomic E-state index is 7.17. The number of hydrogen-bond donors (Lipinski definition) is 4. The summed E-state index contributed by atoms with van der Waals surface area (Å²) in [6, 6.07) is 0. The monoisotopic (exact) mass is 185 g/mol. The van der Waals surface area contributed by atoms with Gasteiger partial charge in [-0.25, -0.2) is 0 Å². The van der Waals surface area contributed by atoms with Crippen LogP contribution < -0.4 is 11.5 Å². The molecule has 0 aliphatic heterocycles. The largest absolute Gasteiger partial charge is 0.370 e. The van der Waals surface area contributed by atoms with Crippen molar-refractivity contribution < 1.29 is 0 Å². The molecular weight excluding hydrogens is 166 g/mol. The Kier molecular flexibility index (Phi) is 3.71. The van der Waals surface area contributed by atoms with Crippen molar-refractivity contribution >= 4 is 11.9 Å². The molecule has 0 aliphatic carbocycles. The van der Waals surface area contributed by atoms with Gasteiger partial charge in [-0.2, -0.15) is 0 Å². The van der Waals surface area contributed by atoms with Crippen LogP contribution in [0.4, 0.5) is 0 Å². The first-order chi connectivity index (χ1) is 5.74. The maximum absolute atomic E-state index is 7.17. The molecule has 0 bridgehead atoms. The quantitative estimate of drug-likeness (QED) is 0.372. The van der Waals surface area contributed by atoms with Crippen LogP contribution in [0, 0.1) is 16.2 Å². The van der Waals surface area contributed by atoms with Gasteiger partial charge in [-0.15, -0.1) is 0 Å². The van der Waals surface area contributed by atoms with Crippen LogP contribution in [0.3, 0.4) is 0 Å². The van der Waals surface area contributed by atoms with E-state index < -0.39 is 0 Å². The van der Waals surface area contributed by atoms with Crippen molar-refractivity contribution in [3.05, 3.63) is 0 Å². The zero-order valence-corrected chi connectivity index (χ0v) is 8.52. The normalized spacial score (nSPS) is 11.0. The van der Waals surface area contributed by atoms with Gasteiger partial charge in [-0.1, -0.05) is 20.8 Å². The van der Waals surface area contributed by atoms with Crippen LogP contribution in [0.25, 0.3) is 0 Å². The van der Waals surface area contributed by atoms with Crippen molar-refractivity contribution in [1.29, 1.82) is 10.8 Å². The second-order valence-corrected chi connectivity index (χ2v) is 4.23. The first-order valence-corrected chi connectivity index (χ1v) is 4.19. The highest BCUT2D eigenvalue weighted by Crippen LogP contribution is 2.18. The number of nitrogens with two attached hydrogens (primary N) is 2. The average Bonchev–Trinajstić information content (AvgIpc) is 1.82. The van der Waals surface area contributed by atoms with Crippen molar-refractivity contribution in [3.63, 3.8) is 0 Å². The molecule has 76 valence electrons. The van der Waals surface area contributed by atoms with E-state index in [-0.39, 0.29) is 17.3 Å². The van der Waals surface area contributed by atoms with E-state index in [2.05, 4.69) is 20.8 Å². The molecule has 0 unspecified atom stereocenters. The van der Waals surface area contributed by atoms with Gasteiger partial charge in [0.25, 0.3) is 0 Å². The molecule has 0 saturated heterocycles. The van der Waals surface area contributed by atoms with Gasteiger partial charge in [0.05, 0.1) is 0 Å². The SMILES string of the molecule is CC(C)(C)CCN(C(=N)N)C(=N)N. The Bertz CT molecular complexity index is 189. The lowest BCUT2D eigenvalue weighted by atomic mass is 9.92. The third kappa shape index (κ3) is 5.05. The van der Waals surface area contributed by atoms with E-state index in [1.165, 1.54) is 4.90 Å². The lowest BCUT2D eigenvalue weighted by molar-refractivity contribution is 0.346. The highest BCUT2D eigenvalue weighted by molar-refractivity contribution is 5.94. The van der Waals surface area contributed by atoms with Gasteiger partial charge in [-0.05, 0) is 11.8 Å². The molecule has 5 heteroatoms. The lowest BCUT2D eigenvalue weighted by Crippen LogP contribution is -2.46. The Morgan fingerprint density at radius 2 is 1.54 bits per heavy atom. The molecule has 6 N–H and O–H groups in total. The Hall–Kier alpha value is -1.26. The smallest absolute Gasteiger partial charge is 0.195 e. The maximum Gasteiger partial charge on any atom is 0.195 e. The standard InChI is InChI=1S/C8H19N5/c1-8(2,3)4-5-13(6(9)10)7(11)12/h4-5H2,1-3H3,(H3,9,10)(H3,11,12). The number of rotatable bonds is 2. The van der Waals surface area contributed by atoms with Crippen molar-refractivity contribution in [3.8, 4) is 0 Å². The molecule has 0 fully saturated rings. The van der Waals surface area contributed by atoms with E-state index in [1.54, 1.807) is 0 Å². The molecule has 0 amide bonds. The fraction of sp³-hybridized carbons (Fsp3) is 0.750. The second kappa shape index (κ2) is 4.11. The fourth-order valence-corrected chi connectivity index (χ4v) is 0.818. The molecule has 13 heavy (non-hydrogen) atoms. The molecule has 0 saturated carbocycles. The van der Waals surface area contributed by atoms with Gasteiger partial charge in [0.15, 0.2) is 11.9 Å². The molecule has 0 aromatic rings. The zero-order chi connectivity index (χ0) is 10.6. The second-order valence-electron chi connectivity index (χ2n) is 4.23. The fourth-order valence-electron chi connectivity index (χ4n) is 0.818. The Morgan fingerprint density at radius 3 is 1.77 bits per heavy atom. The zero-order valence-electron chi connectivity index (χ0n) is 8.52. The minimum Gasteiger partial charge on any atom is -0.370 e. The number of nitrogens with zero attached hydrogens (tertiary/aromatic N) is 1. The summed E-state index contributed by atoms with van der Waals surface area (Å²) in [4.78, 5) is 1.28. The molecule has 0 spiro atoms. The highest BCUT2D eigenvalue weighted by atomic mass is 15.3. The Labute approximate surface area is 79.1 Å². The van der Waals surface area contributed by atoms with E-state index in [4.69, 9.17) is 22.3 Å². The topological polar surface area (TPSA) is 103 Å². The van der Waals surface area contributed by atoms with Crippen LogP contribution in [0.2, 0.25) is 0 Å². The highest BCUT2D eigenvalue weighted by Gasteiger charge is 2.15. The van der Waals surface area contributed by atoms with E-state index in [0.717, 1.165) is 6.42 Å². The van der Waals surface area contributed by atoms with Crippen LogP contribution in [0.1, 0.15) is 27.2 Å². The first-order valence-electron chi connectivity index (χ1n) is 4.19. The minimum atomic E-state index is -0.170. The third-order valence-corrected chi connectivity index (χ3v) is 1.67. The van der Waals surface area contributed by atoms with Gasteiger partial charge in [0, 0.05) is 6.54 Å². The molecule has 0 rings (SSSR count). The number of hydrogen-bond acceptors (Lipinski definition) is 2. The molecular formula is C8H19N5. The van der Waals surface area contributed by atoms with Crippen LogP contribution in [0.5, 0.6) is 0 Å². The van der Waals surface area contributed by atoms with Crippen molar-refractivity contribution in [2.75, 3.05) is 6.54 Å². The van der Waals surface area contributed by atoms with E-state index in [1.807, 2.05) is 0 Å². The Balaban J connectivity index is 4.14. The summed E-state index contributed by atoms with van der Waals surface area (Å²) in [5, 5.41) is 14.3. The molecule has 0 heterocycles. The average molecular weight is 185 g/mol. The van der Waals surface area contributed by atoms with E-state index in [0.29, 0.717) is 6.54 Å². The summed E-state index contributed by atoms with van der Waals surface area (Å²) in [7, 11) is 0. The summed E-state index contributed by atoms with van der Waals surface area (Å²) >= 11 is 0. The molecule has 0 atom stereocenters. The summed E-state index contributed by atoms with van der Waals surface area (Å²) in [5.41, 5.74) is 10.7. The summed E-state index contributed by atoms with van der Waals surface area (Å²) in [6.07, 6.45) is 0.839. The molecule has 5 nitrogen and oxygen atoms in total. The van der Waals surface area contributed by atoms with Gasteiger partial charge < -0.3 is 11.5 Å². The number of guanidine groups is 2. The van der Waals surface area contributed by atoms with Crippen molar-refractivity contribution in [2.45, 2.75) is 27.2 Å². The first kappa shape index (κ1) is 11.7. The van der Waals surface area contributed by atoms with Crippen LogP contribution >= 0.6 is 0 Å².